The Labute approximate surface area is 57.7 Å². The molecule has 3 heteroatoms. The fraction of sp³-hybridized carbons (Fsp3) is 0. The molecule has 0 radical (unpaired) electrons. The van der Waals surface area contributed by atoms with Gasteiger partial charge in [-0.2, -0.15) is 0 Å². The second-order valence-electron chi connectivity index (χ2n) is 1.75. The van der Waals surface area contributed by atoms with Gasteiger partial charge in [0.15, 0.2) is 0 Å². The van der Waals surface area contributed by atoms with Crippen LogP contribution in [0.4, 0.5) is 0 Å². The molecule has 0 saturated heterocycles. The average Bonchev–Trinajstić information content (AvgIpc) is 1.89. The van der Waals surface area contributed by atoms with Crippen LogP contribution in [0.1, 0.15) is 0 Å². The van der Waals surface area contributed by atoms with Crippen molar-refractivity contribution in [1.29, 1.82) is 0 Å². The van der Waals surface area contributed by atoms with E-state index >= 15 is 0 Å². The van der Waals surface area contributed by atoms with Gasteiger partial charge in [0.2, 0.25) is 0 Å². The molecule has 0 aliphatic carbocycles. The quantitative estimate of drug-likeness (QED) is 0.442. The number of carbonyl (C=O) groups excluding carboxylic acids is 1. The van der Waals surface area contributed by atoms with Gasteiger partial charge in [-0.15, -0.1) is 0 Å². The second kappa shape index (κ2) is 2.78. The molecule has 0 aromatic carbocycles. The van der Waals surface area contributed by atoms with Crippen LogP contribution in [0.2, 0.25) is 0 Å². The molecule has 1 aliphatic rings. The number of nitrogens with two attached hydrogens (primary N) is 1. The van der Waals surface area contributed by atoms with Crippen molar-refractivity contribution in [1.82, 2.24) is 0 Å². The molecule has 1 heterocycles. The minimum absolute atomic E-state index is 0.785. The van der Waals surface area contributed by atoms with Gasteiger partial charge in [0.05, 0.1) is 0 Å². The number of hydrogen-bond acceptors (Lipinski definition) is 2. The van der Waals surface area contributed by atoms with E-state index in [0.29, 0.717) is 0 Å². The van der Waals surface area contributed by atoms with E-state index < -0.39 is 13.9 Å². The molecule has 1 rings (SSSR count). The standard InChI is InChI=1S/C6H7GeNO/c8-6-3-1-2-4-7(6)5-9/h1-5H,8H2. The van der Waals surface area contributed by atoms with Crippen LogP contribution < -0.4 is 5.73 Å². The summed E-state index contributed by atoms with van der Waals surface area (Å²) < 4.78 is 0.785. The Morgan fingerprint density at radius 3 is 2.78 bits per heavy atom. The molecule has 2 nitrogen and oxygen atoms in total. The Morgan fingerprint density at radius 2 is 2.33 bits per heavy atom. The van der Waals surface area contributed by atoms with Crippen LogP contribution in [0.25, 0.3) is 0 Å². The van der Waals surface area contributed by atoms with Crippen molar-refractivity contribution in [3.63, 3.8) is 0 Å². The first-order chi connectivity index (χ1) is 4.34. The molecule has 1 aliphatic heterocycles. The third-order valence-electron chi connectivity index (χ3n) is 1.12. The molecule has 0 amide bonds. The first-order valence-electron chi connectivity index (χ1n) is 2.64. The molecule has 0 aromatic heterocycles. The van der Waals surface area contributed by atoms with Gasteiger partial charge in [-0.05, 0) is 0 Å². The molecular formula is C6H7GeNO. The van der Waals surface area contributed by atoms with Crippen molar-refractivity contribution < 1.29 is 4.79 Å². The van der Waals surface area contributed by atoms with Crippen LogP contribution in [0.3, 0.4) is 0 Å². The zero-order valence-electron chi connectivity index (χ0n) is 4.87. The number of rotatable bonds is 1. The predicted molar refractivity (Wildman–Crippen MR) is 40.0 cm³/mol. The maximum absolute atomic E-state index is 10.3. The summed E-state index contributed by atoms with van der Waals surface area (Å²) in [4.78, 5) is 12.2. The summed E-state index contributed by atoms with van der Waals surface area (Å²) in [5.41, 5.74) is 5.51. The predicted octanol–water partition coefficient (Wildman–Crippen LogP) is -0.411. The summed E-state index contributed by atoms with van der Waals surface area (Å²) in [6, 6.07) is 0. The van der Waals surface area contributed by atoms with E-state index in [0.717, 1.165) is 9.59 Å². The molecule has 2 N–H and O–H groups in total. The maximum atomic E-state index is 10.3. The number of carbonyl (C=O) groups is 1. The fourth-order valence-electron chi connectivity index (χ4n) is 0.618. The van der Waals surface area contributed by atoms with Crippen LogP contribution in [-0.2, 0) is 4.79 Å². The van der Waals surface area contributed by atoms with Crippen LogP contribution in [-0.4, -0.2) is 23.5 Å². The molecule has 0 atom stereocenters. The normalized spacial score (nSPS) is 16.4. The van der Waals surface area contributed by atoms with Crippen molar-refractivity contribution in [3.8, 4) is 0 Å². The Hall–Kier alpha value is -0.637. The molecule has 0 fully saturated rings. The molecule has 46 valence electrons. The third-order valence-corrected chi connectivity index (χ3v) is 4.56. The van der Waals surface area contributed by atoms with Gasteiger partial charge < -0.3 is 0 Å². The van der Waals surface area contributed by atoms with Crippen molar-refractivity contribution in [2.45, 2.75) is 0 Å². The fourth-order valence-corrected chi connectivity index (χ4v) is 2.75. The van der Waals surface area contributed by atoms with Crippen molar-refractivity contribution in [3.05, 3.63) is 23.1 Å². The van der Waals surface area contributed by atoms with E-state index in [1.807, 2.05) is 23.1 Å². The van der Waals surface area contributed by atoms with E-state index in [4.69, 9.17) is 5.73 Å². The van der Waals surface area contributed by atoms with Crippen LogP contribution >= 0.6 is 0 Å². The van der Waals surface area contributed by atoms with Crippen molar-refractivity contribution >= 4 is 23.5 Å². The van der Waals surface area contributed by atoms with E-state index in [9.17, 15) is 4.79 Å². The zero-order chi connectivity index (χ0) is 6.69. The Balaban J connectivity index is 3.01. The Bertz CT molecular complexity index is 215. The van der Waals surface area contributed by atoms with Crippen LogP contribution in [0.15, 0.2) is 23.1 Å². The molecule has 9 heavy (non-hydrogen) atoms. The van der Waals surface area contributed by atoms with Crippen molar-refractivity contribution in [2.24, 2.45) is 5.73 Å². The number of hydrogen-bond donors (Lipinski definition) is 1. The molecular weight excluding hydrogens is 175 g/mol. The van der Waals surface area contributed by atoms with Crippen LogP contribution in [0.5, 0.6) is 0 Å². The zero-order valence-corrected chi connectivity index (χ0v) is 6.97. The van der Waals surface area contributed by atoms with Gasteiger partial charge in [0, 0.05) is 0 Å². The summed E-state index contributed by atoms with van der Waals surface area (Å²) in [5, 5.41) is 0.995. The van der Waals surface area contributed by atoms with Gasteiger partial charge in [0.25, 0.3) is 0 Å². The van der Waals surface area contributed by atoms with Gasteiger partial charge >= 0.3 is 57.2 Å². The van der Waals surface area contributed by atoms with E-state index in [1.165, 1.54) is 0 Å². The molecule has 0 aromatic rings. The summed E-state index contributed by atoms with van der Waals surface area (Å²) in [6.07, 6.45) is 5.55. The molecule has 0 spiro atoms. The van der Waals surface area contributed by atoms with Crippen molar-refractivity contribution in [2.75, 3.05) is 0 Å². The van der Waals surface area contributed by atoms with Gasteiger partial charge in [-0.3, -0.25) is 0 Å². The SMILES string of the molecule is N[C]1=[Ge]([CH]=O)[CH]=CC=C1. The monoisotopic (exact) mass is 183 g/mol. The van der Waals surface area contributed by atoms with Gasteiger partial charge in [0.1, 0.15) is 0 Å². The van der Waals surface area contributed by atoms with E-state index in [2.05, 4.69) is 0 Å². The molecule has 0 saturated carbocycles. The first-order valence-corrected chi connectivity index (χ1v) is 6.11. The van der Waals surface area contributed by atoms with Gasteiger partial charge in [-0.1, -0.05) is 0 Å². The molecule has 0 bridgehead atoms. The summed E-state index contributed by atoms with van der Waals surface area (Å²) in [5.74, 6) is 0. The summed E-state index contributed by atoms with van der Waals surface area (Å²) in [7, 11) is 0. The van der Waals surface area contributed by atoms with E-state index in [-0.39, 0.29) is 0 Å². The Morgan fingerprint density at radius 1 is 1.56 bits per heavy atom. The first kappa shape index (κ1) is 6.48. The Kier molecular flexibility index (Phi) is 2.00. The third kappa shape index (κ3) is 1.39. The minimum atomic E-state index is -1.70. The second-order valence-corrected chi connectivity index (χ2v) is 6.06. The van der Waals surface area contributed by atoms with E-state index in [1.54, 1.807) is 0 Å². The number of allylic oxidation sites excluding steroid dienone is 2. The average molecular weight is 182 g/mol. The van der Waals surface area contributed by atoms with Gasteiger partial charge in [-0.25, -0.2) is 0 Å². The summed E-state index contributed by atoms with van der Waals surface area (Å²) >= 11 is -1.70. The summed E-state index contributed by atoms with van der Waals surface area (Å²) in [6.45, 7) is 0. The molecule has 0 unspecified atom stereocenters. The topological polar surface area (TPSA) is 43.1 Å². The van der Waals surface area contributed by atoms with Crippen LogP contribution in [0, 0.1) is 0 Å².